The van der Waals surface area contributed by atoms with Gasteiger partial charge in [0.2, 0.25) is 11.8 Å². The molecule has 0 aromatic heterocycles. The third-order valence-electron chi connectivity index (χ3n) is 3.51. The second-order valence-corrected chi connectivity index (χ2v) is 4.95. The number of methoxy groups -OCH3 is 2. The number of carbonyl (C=O) groups excluding carboxylic acids is 2. The molecule has 6 nitrogen and oxygen atoms in total. The molecular weight excluding hydrogens is 272 g/mol. The second-order valence-electron chi connectivity index (χ2n) is 4.95. The fourth-order valence-corrected chi connectivity index (χ4v) is 2.28. The minimum atomic E-state index is -0.309. The zero-order chi connectivity index (χ0) is 15.2. The van der Waals surface area contributed by atoms with Crippen LogP contribution >= 0.6 is 0 Å². The van der Waals surface area contributed by atoms with Crippen molar-refractivity contribution >= 4 is 17.5 Å². The van der Waals surface area contributed by atoms with Gasteiger partial charge in [-0.1, -0.05) is 0 Å². The SMILES string of the molecule is COCCN1C[C@H](C(=O)Nc2ccc(OC)cc2)CC1=O. The van der Waals surface area contributed by atoms with Crippen LogP contribution in [0.25, 0.3) is 0 Å². The maximum Gasteiger partial charge on any atom is 0.229 e. The highest BCUT2D eigenvalue weighted by molar-refractivity contribution is 5.97. The second kappa shape index (κ2) is 7.08. The molecule has 21 heavy (non-hydrogen) atoms. The van der Waals surface area contributed by atoms with Crippen LogP contribution in [0.3, 0.4) is 0 Å². The van der Waals surface area contributed by atoms with E-state index in [0.717, 1.165) is 5.75 Å². The van der Waals surface area contributed by atoms with Gasteiger partial charge in [0, 0.05) is 32.3 Å². The van der Waals surface area contributed by atoms with E-state index in [-0.39, 0.29) is 24.2 Å². The lowest BCUT2D eigenvalue weighted by Crippen LogP contribution is -2.30. The first-order chi connectivity index (χ1) is 10.1. The van der Waals surface area contributed by atoms with Crippen LogP contribution < -0.4 is 10.1 Å². The maximum atomic E-state index is 12.2. The summed E-state index contributed by atoms with van der Waals surface area (Å²) in [5, 5.41) is 2.83. The summed E-state index contributed by atoms with van der Waals surface area (Å²) in [5.74, 6) is 0.293. The summed E-state index contributed by atoms with van der Waals surface area (Å²) >= 11 is 0. The van der Waals surface area contributed by atoms with E-state index in [1.807, 2.05) is 0 Å². The van der Waals surface area contributed by atoms with E-state index in [9.17, 15) is 9.59 Å². The van der Waals surface area contributed by atoms with Gasteiger partial charge in [-0.15, -0.1) is 0 Å². The summed E-state index contributed by atoms with van der Waals surface area (Å²) in [5.41, 5.74) is 0.698. The summed E-state index contributed by atoms with van der Waals surface area (Å²) < 4.78 is 10.0. The zero-order valence-corrected chi connectivity index (χ0v) is 12.3. The predicted molar refractivity (Wildman–Crippen MR) is 78.2 cm³/mol. The first-order valence-corrected chi connectivity index (χ1v) is 6.85. The monoisotopic (exact) mass is 292 g/mol. The van der Waals surface area contributed by atoms with Gasteiger partial charge in [0.15, 0.2) is 0 Å². The van der Waals surface area contributed by atoms with Crippen molar-refractivity contribution in [1.29, 1.82) is 0 Å². The average molecular weight is 292 g/mol. The van der Waals surface area contributed by atoms with Crippen LogP contribution in [0.1, 0.15) is 6.42 Å². The number of anilines is 1. The fraction of sp³-hybridized carbons (Fsp3) is 0.467. The zero-order valence-electron chi connectivity index (χ0n) is 12.3. The highest BCUT2D eigenvalue weighted by atomic mass is 16.5. The molecule has 0 unspecified atom stereocenters. The standard InChI is InChI=1S/C15H20N2O4/c1-20-8-7-17-10-11(9-14(17)18)15(19)16-12-3-5-13(21-2)6-4-12/h3-6,11H,7-10H2,1-2H3,(H,16,19)/t11-/m1/s1. The van der Waals surface area contributed by atoms with E-state index in [1.54, 1.807) is 43.4 Å². The van der Waals surface area contributed by atoms with Crippen LogP contribution in [0, 0.1) is 5.92 Å². The molecule has 114 valence electrons. The lowest BCUT2D eigenvalue weighted by molar-refractivity contribution is -0.128. The van der Waals surface area contributed by atoms with Crippen molar-refractivity contribution in [3.8, 4) is 5.75 Å². The minimum Gasteiger partial charge on any atom is -0.497 e. The van der Waals surface area contributed by atoms with Gasteiger partial charge in [-0.25, -0.2) is 0 Å². The average Bonchev–Trinajstić information content (AvgIpc) is 2.87. The van der Waals surface area contributed by atoms with Crippen molar-refractivity contribution in [3.63, 3.8) is 0 Å². The van der Waals surface area contributed by atoms with Gasteiger partial charge in [0.1, 0.15) is 5.75 Å². The highest BCUT2D eigenvalue weighted by Gasteiger charge is 2.33. The number of ether oxygens (including phenoxy) is 2. The van der Waals surface area contributed by atoms with Crippen LogP contribution in [0.5, 0.6) is 5.75 Å². The van der Waals surface area contributed by atoms with E-state index in [1.165, 1.54) is 0 Å². The Bertz CT molecular complexity index is 501. The molecule has 1 aromatic rings. The van der Waals surface area contributed by atoms with Gasteiger partial charge in [0.25, 0.3) is 0 Å². The van der Waals surface area contributed by atoms with E-state index in [0.29, 0.717) is 25.4 Å². The summed E-state index contributed by atoms with van der Waals surface area (Å²) in [4.78, 5) is 25.7. The Hall–Kier alpha value is -2.08. The number of carbonyl (C=O) groups is 2. The number of nitrogens with zero attached hydrogens (tertiary/aromatic N) is 1. The molecule has 0 saturated carbocycles. The molecule has 0 spiro atoms. The number of amides is 2. The number of rotatable bonds is 6. The Morgan fingerprint density at radius 2 is 2.05 bits per heavy atom. The Kier molecular flexibility index (Phi) is 5.16. The van der Waals surface area contributed by atoms with Crippen LogP contribution in [0.4, 0.5) is 5.69 Å². The van der Waals surface area contributed by atoms with Crippen LogP contribution in [0.15, 0.2) is 24.3 Å². The summed E-state index contributed by atoms with van der Waals surface area (Å²) in [6, 6.07) is 7.10. The third kappa shape index (κ3) is 3.95. The quantitative estimate of drug-likeness (QED) is 0.853. The molecule has 0 radical (unpaired) electrons. The molecule has 1 aliphatic heterocycles. The Morgan fingerprint density at radius 3 is 2.67 bits per heavy atom. The van der Waals surface area contributed by atoms with Gasteiger partial charge in [-0.05, 0) is 24.3 Å². The van der Waals surface area contributed by atoms with E-state index < -0.39 is 0 Å². The predicted octanol–water partition coefficient (Wildman–Crippen LogP) is 1.13. The minimum absolute atomic E-state index is 0.00179. The summed E-state index contributed by atoms with van der Waals surface area (Å²) in [6.07, 6.45) is 0.256. The van der Waals surface area contributed by atoms with Crippen molar-refractivity contribution in [2.24, 2.45) is 5.92 Å². The molecule has 1 aromatic carbocycles. The van der Waals surface area contributed by atoms with E-state index >= 15 is 0 Å². The molecule has 1 heterocycles. The van der Waals surface area contributed by atoms with Gasteiger partial charge in [0.05, 0.1) is 19.6 Å². The lowest BCUT2D eigenvalue weighted by atomic mass is 10.1. The van der Waals surface area contributed by atoms with Crippen molar-refractivity contribution < 1.29 is 19.1 Å². The van der Waals surface area contributed by atoms with E-state index in [4.69, 9.17) is 9.47 Å². The molecule has 1 saturated heterocycles. The molecule has 1 aliphatic rings. The van der Waals surface area contributed by atoms with Crippen LogP contribution in [0.2, 0.25) is 0 Å². The smallest absolute Gasteiger partial charge is 0.229 e. The molecule has 2 rings (SSSR count). The lowest BCUT2D eigenvalue weighted by Gasteiger charge is -2.15. The first kappa shape index (κ1) is 15.3. The fourth-order valence-electron chi connectivity index (χ4n) is 2.28. The number of nitrogens with one attached hydrogen (secondary N) is 1. The van der Waals surface area contributed by atoms with Gasteiger partial charge in [-0.2, -0.15) is 0 Å². The third-order valence-corrected chi connectivity index (χ3v) is 3.51. The highest BCUT2D eigenvalue weighted by Crippen LogP contribution is 2.21. The van der Waals surface area contributed by atoms with E-state index in [2.05, 4.69) is 5.32 Å². The largest absolute Gasteiger partial charge is 0.497 e. The number of hydrogen-bond donors (Lipinski definition) is 1. The normalized spacial score (nSPS) is 17.9. The van der Waals surface area contributed by atoms with Crippen molar-refractivity contribution in [3.05, 3.63) is 24.3 Å². The van der Waals surface area contributed by atoms with Crippen molar-refractivity contribution in [1.82, 2.24) is 4.90 Å². The molecule has 0 aliphatic carbocycles. The molecule has 2 amide bonds. The Balaban J connectivity index is 1.90. The van der Waals surface area contributed by atoms with Crippen LogP contribution in [-0.2, 0) is 14.3 Å². The number of benzene rings is 1. The van der Waals surface area contributed by atoms with Gasteiger partial charge in [-0.3, -0.25) is 9.59 Å². The number of likely N-dealkylation sites (tertiary alicyclic amines) is 1. The molecular formula is C15H20N2O4. The first-order valence-electron chi connectivity index (χ1n) is 6.85. The molecule has 1 atom stereocenters. The van der Waals surface area contributed by atoms with Crippen molar-refractivity contribution in [2.75, 3.05) is 39.2 Å². The molecule has 1 fully saturated rings. The molecule has 0 bridgehead atoms. The molecule has 6 heteroatoms. The summed E-state index contributed by atoms with van der Waals surface area (Å²) in [7, 11) is 3.18. The van der Waals surface area contributed by atoms with Crippen molar-refractivity contribution in [2.45, 2.75) is 6.42 Å². The number of hydrogen-bond acceptors (Lipinski definition) is 4. The van der Waals surface area contributed by atoms with Gasteiger partial charge >= 0.3 is 0 Å². The Morgan fingerprint density at radius 1 is 1.33 bits per heavy atom. The maximum absolute atomic E-state index is 12.2. The summed E-state index contributed by atoms with van der Waals surface area (Å²) in [6.45, 7) is 1.46. The van der Waals surface area contributed by atoms with Crippen LogP contribution in [-0.4, -0.2) is 50.6 Å². The topological polar surface area (TPSA) is 67.9 Å². The Labute approximate surface area is 124 Å². The van der Waals surface area contributed by atoms with Gasteiger partial charge < -0.3 is 19.7 Å². The molecule has 1 N–H and O–H groups in total.